The van der Waals surface area contributed by atoms with Crippen LogP contribution in [0.15, 0.2) is 35.4 Å². The van der Waals surface area contributed by atoms with Gasteiger partial charge in [0.05, 0.1) is 12.3 Å². The summed E-state index contributed by atoms with van der Waals surface area (Å²) in [5, 5.41) is 8.35. The predicted molar refractivity (Wildman–Crippen MR) is 58.7 cm³/mol. The van der Waals surface area contributed by atoms with Crippen LogP contribution in [0.5, 0.6) is 0 Å². The van der Waals surface area contributed by atoms with Gasteiger partial charge in [0, 0.05) is 6.54 Å². The van der Waals surface area contributed by atoms with Gasteiger partial charge in [-0.25, -0.2) is 9.80 Å². The average Bonchev–Trinajstić information content (AvgIpc) is 2.58. The molecule has 2 amide bonds. The van der Waals surface area contributed by atoms with E-state index in [0.29, 0.717) is 6.54 Å². The van der Waals surface area contributed by atoms with Gasteiger partial charge in [-0.05, 0) is 12.5 Å². The summed E-state index contributed by atoms with van der Waals surface area (Å²) in [7, 11) is 0. The van der Waals surface area contributed by atoms with Crippen molar-refractivity contribution in [3.8, 4) is 0 Å². The van der Waals surface area contributed by atoms with E-state index in [4.69, 9.17) is 0 Å². The highest BCUT2D eigenvalue weighted by molar-refractivity contribution is 5.82. The molecule has 0 saturated carbocycles. The fourth-order valence-corrected chi connectivity index (χ4v) is 1.44. The lowest BCUT2D eigenvalue weighted by Crippen LogP contribution is -2.27. The van der Waals surface area contributed by atoms with Crippen LogP contribution in [0, 0.1) is 0 Å². The molecule has 1 aliphatic heterocycles. The van der Waals surface area contributed by atoms with Crippen LogP contribution >= 0.6 is 0 Å². The number of nitrogens with zero attached hydrogens (tertiary/aromatic N) is 2. The number of hydrazone groups is 1. The van der Waals surface area contributed by atoms with Crippen LogP contribution in [-0.4, -0.2) is 29.8 Å². The first-order valence-electron chi connectivity index (χ1n) is 4.93. The molecule has 1 aromatic carbocycles. The Balaban J connectivity index is 2.08. The van der Waals surface area contributed by atoms with Gasteiger partial charge in [0.15, 0.2) is 0 Å². The molecule has 78 valence electrons. The Kier molecular flexibility index (Phi) is 2.67. The molecule has 0 aromatic heterocycles. The van der Waals surface area contributed by atoms with Gasteiger partial charge in [-0.15, -0.1) is 0 Å². The molecule has 0 radical (unpaired) electrons. The van der Waals surface area contributed by atoms with Crippen molar-refractivity contribution in [1.29, 1.82) is 0 Å². The minimum atomic E-state index is -0.130. The zero-order valence-electron chi connectivity index (χ0n) is 8.55. The number of carbonyl (C=O) groups excluding carboxylic acids is 1. The molecule has 1 heterocycles. The lowest BCUT2D eigenvalue weighted by Gasteiger charge is -2.12. The first-order valence-corrected chi connectivity index (χ1v) is 4.93. The third kappa shape index (κ3) is 2.15. The van der Waals surface area contributed by atoms with E-state index in [2.05, 4.69) is 10.4 Å². The topological polar surface area (TPSA) is 44.7 Å². The third-order valence-corrected chi connectivity index (χ3v) is 2.31. The lowest BCUT2D eigenvalue weighted by molar-refractivity contribution is 0.210. The maximum Gasteiger partial charge on any atom is 0.338 e. The summed E-state index contributed by atoms with van der Waals surface area (Å²) in [6, 6.07) is 9.71. The van der Waals surface area contributed by atoms with Crippen LogP contribution in [0.25, 0.3) is 0 Å². The minimum Gasteiger partial charge on any atom is -0.334 e. The van der Waals surface area contributed by atoms with Gasteiger partial charge in [-0.2, -0.15) is 5.10 Å². The number of hydrogen-bond acceptors (Lipinski definition) is 2. The number of hydrogen-bond donors (Lipinski definition) is 1. The second-order valence-electron chi connectivity index (χ2n) is 3.53. The van der Waals surface area contributed by atoms with E-state index in [9.17, 15) is 4.79 Å². The molecule has 1 aliphatic rings. The van der Waals surface area contributed by atoms with Crippen molar-refractivity contribution in [2.24, 2.45) is 5.10 Å². The molecule has 0 aliphatic carbocycles. The van der Waals surface area contributed by atoms with Crippen LogP contribution in [0.1, 0.15) is 12.5 Å². The Labute approximate surface area is 88.6 Å². The molecule has 1 aromatic rings. The zero-order chi connectivity index (χ0) is 10.7. The van der Waals surface area contributed by atoms with Crippen molar-refractivity contribution in [3.63, 3.8) is 0 Å². The van der Waals surface area contributed by atoms with Gasteiger partial charge in [-0.1, -0.05) is 30.3 Å². The Morgan fingerprint density at radius 3 is 2.80 bits per heavy atom. The summed E-state index contributed by atoms with van der Waals surface area (Å²) < 4.78 is 0. The minimum absolute atomic E-state index is 0.123. The first kappa shape index (κ1) is 9.71. The summed E-state index contributed by atoms with van der Waals surface area (Å²) in [6.45, 7) is 2.62. The molecule has 0 bridgehead atoms. The standard InChI is InChI=1S/C11H13N3O/c1-9-7-12-11(15)14(9)13-8-10-5-3-2-4-6-10/h2-6,8-9H,7H2,1H3,(H,12,15)/b13-8+. The molecule has 2 rings (SSSR count). The summed E-state index contributed by atoms with van der Waals surface area (Å²) in [6.07, 6.45) is 1.70. The SMILES string of the molecule is CC1CNC(=O)N1/N=C/c1ccccc1. The van der Waals surface area contributed by atoms with E-state index < -0.39 is 0 Å². The van der Waals surface area contributed by atoms with Crippen molar-refractivity contribution in [2.75, 3.05) is 6.54 Å². The Hall–Kier alpha value is -1.84. The number of benzene rings is 1. The van der Waals surface area contributed by atoms with Crippen molar-refractivity contribution in [1.82, 2.24) is 10.3 Å². The molecular formula is C11H13N3O. The van der Waals surface area contributed by atoms with Crippen LogP contribution in [-0.2, 0) is 0 Å². The predicted octanol–water partition coefficient (Wildman–Crippen LogP) is 1.43. The van der Waals surface area contributed by atoms with E-state index in [-0.39, 0.29) is 12.1 Å². The zero-order valence-corrected chi connectivity index (χ0v) is 8.55. The van der Waals surface area contributed by atoms with Crippen LogP contribution in [0.2, 0.25) is 0 Å². The lowest BCUT2D eigenvalue weighted by atomic mass is 10.2. The van der Waals surface area contributed by atoms with Crippen LogP contribution < -0.4 is 5.32 Å². The summed E-state index contributed by atoms with van der Waals surface area (Å²) in [5.74, 6) is 0. The number of carbonyl (C=O) groups is 1. The Morgan fingerprint density at radius 1 is 1.47 bits per heavy atom. The van der Waals surface area contributed by atoms with Crippen molar-refractivity contribution >= 4 is 12.2 Å². The van der Waals surface area contributed by atoms with Gasteiger partial charge in [0.1, 0.15) is 0 Å². The Bertz CT molecular complexity index is 375. The molecule has 1 unspecified atom stereocenters. The number of nitrogens with one attached hydrogen (secondary N) is 1. The summed E-state index contributed by atoms with van der Waals surface area (Å²) in [4.78, 5) is 11.3. The second-order valence-corrected chi connectivity index (χ2v) is 3.53. The molecule has 15 heavy (non-hydrogen) atoms. The van der Waals surface area contributed by atoms with Crippen LogP contribution in [0.4, 0.5) is 4.79 Å². The molecule has 1 saturated heterocycles. The highest BCUT2D eigenvalue weighted by Crippen LogP contribution is 2.06. The number of amides is 2. The maximum atomic E-state index is 11.3. The monoisotopic (exact) mass is 203 g/mol. The third-order valence-electron chi connectivity index (χ3n) is 2.31. The van der Waals surface area contributed by atoms with E-state index in [1.54, 1.807) is 6.21 Å². The number of urea groups is 1. The summed E-state index contributed by atoms with van der Waals surface area (Å²) in [5.41, 5.74) is 0.990. The fourth-order valence-electron chi connectivity index (χ4n) is 1.44. The van der Waals surface area contributed by atoms with Gasteiger partial charge in [0.25, 0.3) is 0 Å². The molecule has 1 atom stereocenters. The Morgan fingerprint density at radius 2 is 2.20 bits per heavy atom. The van der Waals surface area contributed by atoms with Gasteiger partial charge < -0.3 is 5.32 Å². The van der Waals surface area contributed by atoms with Crippen LogP contribution in [0.3, 0.4) is 0 Å². The molecule has 1 fully saturated rings. The van der Waals surface area contributed by atoms with E-state index >= 15 is 0 Å². The molecule has 4 nitrogen and oxygen atoms in total. The highest BCUT2D eigenvalue weighted by Gasteiger charge is 2.26. The van der Waals surface area contributed by atoms with Gasteiger partial charge in [0.2, 0.25) is 0 Å². The van der Waals surface area contributed by atoms with Crippen molar-refractivity contribution in [3.05, 3.63) is 35.9 Å². The molecular weight excluding hydrogens is 190 g/mol. The van der Waals surface area contributed by atoms with Crippen molar-refractivity contribution < 1.29 is 4.79 Å². The average molecular weight is 203 g/mol. The normalized spacial score (nSPS) is 21.0. The maximum absolute atomic E-state index is 11.3. The van der Waals surface area contributed by atoms with E-state index in [1.807, 2.05) is 37.3 Å². The van der Waals surface area contributed by atoms with Crippen molar-refractivity contribution in [2.45, 2.75) is 13.0 Å². The highest BCUT2D eigenvalue weighted by atomic mass is 16.2. The van der Waals surface area contributed by atoms with Gasteiger partial charge in [-0.3, -0.25) is 0 Å². The number of rotatable bonds is 2. The second kappa shape index (κ2) is 4.13. The largest absolute Gasteiger partial charge is 0.338 e. The molecule has 0 spiro atoms. The fraction of sp³-hybridized carbons (Fsp3) is 0.273. The molecule has 4 heteroatoms. The van der Waals surface area contributed by atoms with Gasteiger partial charge >= 0.3 is 6.03 Å². The quantitative estimate of drug-likeness (QED) is 0.726. The summed E-state index contributed by atoms with van der Waals surface area (Å²) >= 11 is 0. The van der Waals surface area contributed by atoms with E-state index in [1.165, 1.54) is 5.01 Å². The smallest absolute Gasteiger partial charge is 0.334 e. The first-order chi connectivity index (χ1) is 7.27. The molecule has 1 N–H and O–H groups in total. The van der Waals surface area contributed by atoms with E-state index in [0.717, 1.165) is 5.56 Å².